The normalized spacial score (nSPS) is 10.8. The number of aryl methyl sites for hydroxylation is 1. The Balaban J connectivity index is 2.44. The maximum Gasteiger partial charge on any atom is 0.171 e. The Kier molecular flexibility index (Phi) is 3.76. The first-order chi connectivity index (χ1) is 8.10. The van der Waals surface area contributed by atoms with Crippen molar-refractivity contribution in [2.45, 2.75) is 13.5 Å². The molecular weight excluding hydrogens is 302 g/mol. The van der Waals surface area contributed by atoms with Crippen molar-refractivity contribution in [2.75, 3.05) is 12.8 Å². The molecule has 6 heteroatoms. The fraction of sp³-hybridized carbons (Fsp3) is 0.273. The van der Waals surface area contributed by atoms with Crippen molar-refractivity contribution in [3.05, 3.63) is 27.2 Å². The van der Waals surface area contributed by atoms with Crippen molar-refractivity contribution in [3.8, 4) is 10.7 Å². The number of anilines is 1. The fourth-order valence-electron chi connectivity index (χ4n) is 1.42. The molecule has 0 saturated carbocycles. The molecule has 2 N–H and O–H groups in total. The summed E-state index contributed by atoms with van der Waals surface area (Å²) >= 11 is 5.11. The monoisotopic (exact) mass is 313 g/mol. The van der Waals surface area contributed by atoms with E-state index in [2.05, 4.69) is 25.9 Å². The van der Waals surface area contributed by atoms with Crippen LogP contribution in [0.2, 0.25) is 0 Å². The molecule has 0 aromatic carbocycles. The second-order valence-electron chi connectivity index (χ2n) is 3.56. The number of hydrogen-bond acceptors (Lipinski definition) is 5. The van der Waals surface area contributed by atoms with Crippen molar-refractivity contribution < 1.29 is 4.74 Å². The highest BCUT2D eigenvalue weighted by Crippen LogP contribution is 2.32. The summed E-state index contributed by atoms with van der Waals surface area (Å²) in [5.41, 5.74) is 6.55. The zero-order valence-electron chi connectivity index (χ0n) is 9.53. The standard InChI is InChI=1S/C11H12BrN3OS/c1-6-8(12)4-9(17-6)11-14-7(5-16-2)3-10(13)15-11/h3-4H,5H2,1-2H3,(H2,13,14,15). The van der Waals surface area contributed by atoms with Gasteiger partial charge in [-0.15, -0.1) is 11.3 Å². The number of nitrogen functional groups attached to an aromatic ring is 1. The predicted octanol–water partition coefficient (Wildman–Crippen LogP) is 3.00. The lowest BCUT2D eigenvalue weighted by atomic mass is 10.3. The Morgan fingerprint density at radius 3 is 2.76 bits per heavy atom. The van der Waals surface area contributed by atoms with Crippen LogP contribution in [0.25, 0.3) is 10.7 Å². The molecule has 0 unspecified atom stereocenters. The van der Waals surface area contributed by atoms with Crippen molar-refractivity contribution in [2.24, 2.45) is 0 Å². The summed E-state index contributed by atoms with van der Waals surface area (Å²) in [4.78, 5) is 10.9. The Hall–Kier alpha value is -0.980. The van der Waals surface area contributed by atoms with Gasteiger partial charge in [0.2, 0.25) is 0 Å². The molecule has 2 rings (SSSR count). The molecule has 0 aliphatic carbocycles. The first-order valence-electron chi connectivity index (χ1n) is 4.99. The summed E-state index contributed by atoms with van der Waals surface area (Å²) in [6.07, 6.45) is 0. The average Bonchev–Trinajstić information content (AvgIpc) is 2.59. The molecule has 0 atom stereocenters. The minimum absolute atomic E-state index is 0.436. The van der Waals surface area contributed by atoms with E-state index in [1.54, 1.807) is 24.5 Å². The third-order valence-corrected chi connectivity index (χ3v) is 4.30. The molecule has 0 fully saturated rings. The number of halogens is 1. The molecule has 0 radical (unpaired) electrons. The van der Waals surface area contributed by atoms with Gasteiger partial charge in [-0.3, -0.25) is 0 Å². The summed E-state index contributed by atoms with van der Waals surface area (Å²) in [7, 11) is 1.63. The van der Waals surface area contributed by atoms with Gasteiger partial charge in [0.05, 0.1) is 17.2 Å². The summed E-state index contributed by atoms with van der Waals surface area (Å²) in [5.74, 6) is 1.11. The molecule has 0 amide bonds. The Bertz CT molecular complexity index is 522. The summed E-state index contributed by atoms with van der Waals surface area (Å²) in [5, 5.41) is 0. The molecule has 17 heavy (non-hydrogen) atoms. The quantitative estimate of drug-likeness (QED) is 0.946. The number of methoxy groups -OCH3 is 1. The number of ether oxygens (including phenoxy) is 1. The van der Waals surface area contributed by atoms with E-state index in [4.69, 9.17) is 10.5 Å². The number of aromatic nitrogens is 2. The molecule has 0 aliphatic heterocycles. The topological polar surface area (TPSA) is 61.0 Å². The molecule has 0 bridgehead atoms. The molecule has 2 aromatic heterocycles. The maximum absolute atomic E-state index is 5.76. The van der Waals surface area contributed by atoms with Crippen molar-refractivity contribution in [1.82, 2.24) is 9.97 Å². The van der Waals surface area contributed by atoms with E-state index in [0.717, 1.165) is 15.0 Å². The van der Waals surface area contributed by atoms with Crippen LogP contribution in [0.4, 0.5) is 5.82 Å². The number of nitrogens with zero attached hydrogens (tertiary/aromatic N) is 2. The van der Waals surface area contributed by atoms with Crippen molar-refractivity contribution >= 4 is 33.1 Å². The van der Waals surface area contributed by atoms with Crippen molar-refractivity contribution in [3.63, 3.8) is 0 Å². The van der Waals surface area contributed by atoms with Crippen LogP contribution in [0.5, 0.6) is 0 Å². The zero-order valence-corrected chi connectivity index (χ0v) is 11.9. The van der Waals surface area contributed by atoms with Gasteiger partial charge in [0, 0.05) is 22.5 Å². The lowest BCUT2D eigenvalue weighted by Gasteiger charge is -2.03. The lowest BCUT2D eigenvalue weighted by molar-refractivity contribution is 0.181. The number of nitrogens with two attached hydrogens (primary N) is 1. The van der Waals surface area contributed by atoms with Gasteiger partial charge in [0.15, 0.2) is 5.82 Å². The first-order valence-corrected chi connectivity index (χ1v) is 6.60. The van der Waals surface area contributed by atoms with E-state index in [0.29, 0.717) is 18.2 Å². The molecule has 2 heterocycles. The Morgan fingerprint density at radius 2 is 2.18 bits per heavy atom. The van der Waals surface area contributed by atoms with Crippen molar-refractivity contribution in [1.29, 1.82) is 0 Å². The summed E-state index contributed by atoms with van der Waals surface area (Å²) in [6, 6.07) is 3.73. The average molecular weight is 314 g/mol. The summed E-state index contributed by atoms with van der Waals surface area (Å²) < 4.78 is 6.12. The molecule has 0 saturated heterocycles. The lowest BCUT2D eigenvalue weighted by Crippen LogP contribution is -2.00. The highest BCUT2D eigenvalue weighted by atomic mass is 79.9. The highest BCUT2D eigenvalue weighted by Gasteiger charge is 2.10. The number of rotatable bonds is 3. The highest BCUT2D eigenvalue weighted by molar-refractivity contribution is 9.10. The van der Waals surface area contributed by atoms with Crippen LogP contribution >= 0.6 is 27.3 Å². The predicted molar refractivity (Wildman–Crippen MR) is 72.9 cm³/mol. The third-order valence-electron chi connectivity index (χ3n) is 2.17. The van der Waals surface area contributed by atoms with E-state index in [9.17, 15) is 0 Å². The van der Waals surface area contributed by atoms with Gasteiger partial charge in [-0.25, -0.2) is 9.97 Å². The molecule has 2 aromatic rings. The summed E-state index contributed by atoms with van der Waals surface area (Å²) in [6.45, 7) is 2.48. The largest absolute Gasteiger partial charge is 0.384 e. The first kappa shape index (κ1) is 12.5. The van der Waals surface area contributed by atoms with Gasteiger partial charge in [0.1, 0.15) is 5.82 Å². The minimum atomic E-state index is 0.436. The number of hydrogen-bond donors (Lipinski definition) is 1. The third kappa shape index (κ3) is 2.83. The van der Waals surface area contributed by atoms with Crippen LogP contribution in [0.3, 0.4) is 0 Å². The molecule has 4 nitrogen and oxygen atoms in total. The fourth-order valence-corrected chi connectivity index (χ4v) is 2.89. The maximum atomic E-state index is 5.76. The van der Waals surface area contributed by atoms with E-state index in [1.807, 2.05) is 13.0 Å². The minimum Gasteiger partial charge on any atom is -0.384 e. The van der Waals surface area contributed by atoms with Crippen LogP contribution in [0.1, 0.15) is 10.6 Å². The van der Waals surface area contributed by atoms with Crippen LogP contribution in [-0.2, 0) is 11.3 Å². The van der Waals surface area contributed by atoms with Crippen LogP contribution in [-0.4, -0.2) is 17.1 Å². The molecule has 0 spiro atoms. The van der Waals surface area contributed by atoms with Crippen LogP contribution in [0, 0.1) is 6.92 Å². The van der Waals surface area contributed by atoms with Gasteiger partial charge in [0.25, 0.3) is 0 Å². The second kappa shape index (κ2) is 5.12. The van der Waals surface area contributed by atoms with E-state index in [-0.39, 0.29) is 0 Å². The van der Waals surface area contributed by atoms with Gasteiger partial charge >= 0.3 is 0 Å². The molecule has 0 aliphatic rings. The molecular formula is C11H12BrN3OS. The van der Waals surface area contributed by atoms with Gasteiger partial charge < -0.3 is 10.5 Å². The SMILES string of the molecule is COCc1cc(N)nc(-c2cc(Br)c(C)s2)n1. The number of thiophene rings is 1. The van der Waals surface area contributed by atoms with Crippen LogP contribution < -0.4 is 5.73 Å². The Morgan fingerprint density at radius 1 is 1.41 bits per heavy atom. The van der Waals surface area contributed by atoms with Gasteiger partial charge in [-0.2, -0.15) is 0 Å². The molecule has 90 valence electrons. The Labute approximate surface area is 112 Å². The van der Waals surface area contributed by atoms with Gasteiger partial charge in [-0.05, 0) is 28.9 Å². The van der Waals surface area contributed by atoms with E-state index >= 15 is 0 Å². The van der Waals surface area contributed by atoms with E-state index in [1.165, 1.54) is 4.88 Å². The zero-order chi connectivity index (χ0) is 12.4. The second-order valence-corrected chi connectivity index (χ2v) is 5.67. The van der Waals surface area contributed by atoms with Gasteiger partial charge in [-0.1, -0.05) is 0 Å². The van der Waals surface area contributed by atoms with Crippen LogP contribution in [0.15, 0.2) is 16.6 Å². The van der Waals surface area contributed by atoms with E-state index < -0.39 is 0 Å². The smallest absolute Gasteiger partial charge is 0.171 e.